The Balaban J connectivity index is 1.28. The molecule has 0 bridgehead atoms. The van der Waals surface area contributed by atoms with Crippen LogP contribution in [0.2, 0.25) is 0 Å². The molecule has 47 heavy (non-hydrogen) atoms. The zero-order valence-electron chi connectivity index (χ0n) is 28.2. The summed E-state index contributed by atoms with van der Waals surface area (Å²) in [5, 5.41) is 0. The van der Waals surface area contributed by atoms with Crippen molar-refractivity contribution in [3.63, 3.8) is 0 Å². The number of methoxy groups -OCH3 is 2. The molecule has 0 spiro atoms. The van der Waals surface area contributed by atoms with Crippen LogP contribution >= 0.6 is 0 Å². The normalized spacial score (nSPS) is 12.3. The third kappa shape index (κ3) is 11.3. The second-order valence-corrected chi connectivity index (χ2v) is 12.2. The molecule has 3 aromatic carbocycles. The van der Waals surface area contributed by atoms with E-state index < -0.39 is 0 Å². The topological polar surface area (TPSA) is 88.1 Å². The number of fused-ring (bicyclic) bond motifs is 1. The second kappa shape index (κ2) is 19.5. The fourth-order valence-corrected chi connectivity index (χ4v) is 6.35. The number of aryl methyl sites for hydroxylation is 2. The van der Waals surface area contributed by atoms with E-state index in [1.807, 2.05) is 30.3 Å². The molecule has 1 aliphatic carbocycles. The van der Waals surface area contributed by atoms with Gasteiger partial charge >= 0.3 is 11.9 Å². The highest BCUT2D eigenvalue weighted by Gasteiger charge is 2.22. The van der Waals surface area contributed by atoms with Gasteiger partial charge in [0.15, 0.2) is 5.78 Å². The Hall–Kier alpha value is -4.13. The van der Waals surface area contributed by atoms with E-state index in [9.17, 15) is 14.4 Å². The first-order chi connectivity index (χ1) is 23.0. The van der Waals surface area contributed by atoms with Crippen molar-refractivity contribution in [2.75, 3.05) is 27.4 Å². The van der Waals surface area contributed by atoms with Gasteiger partial charge in [-0.05, 0) is 110 Å². The number of ether oxygens (including phenoxy) is 4. The van der Waals surface area contributed by atoms with E-state index in [0.29, 0.717) is 38.9 Å². The molecule has 7 heteroatoms. The molecule has 0 N–H and O–H groups in total. The van der Waals surface area contributed by atoms with Crippen LogP contribution in [0.1, 0.15) is 102 Å². The summed E-state index contributed by atoms with van der Waals surface area (Å²) in [5.41, 5.74) is 6.86. The molecule has 0 atom stereocenters. The maximum absolute atomic E-state index is 12.6. The summed E-state index contributed by atoms with van der Waals surface area (Å²) < 4.78 is 22.0. The molecule has 0 aromatic heterocycles. The standard InChI is InChI=1S/C40H50O7/c1-44-39(42)23-13-29-47-37-22-11-18-31(32(37)25-27-40(43)45-2)17-8-3-4-9-28-46-38-26-24-34-33(19-12-21-36(34)41)35(38)20-10-16-30-14-6-5-7-15-30/h5-7,11,14-15,18,22,24,26H,3-4,8-10,12-13,16-17,19-21,23,25,27-29H2,1-2H3. The lowest BCUT2D eigenvalue weighted by molar-refractivity contribution is -0.141. The Labute approximate surface area is 280 Å². The van der Waals surface area contributed by atoms with E-state index in [4.69, 9.17) is 18.9 Å². The summed E-state index contributed by atoms with van der Waals surface area (Å²) in [4.78, 5) is 36.0. The van der Waals surface area contributed by atoms with Gasteiger partial charge in [0, 0.05) is 24.8 Å². The predicted octanol–water partition coefficient (Wildman–Crippen LogP) is 8.00. The molecule has 0 saturated carbocycles. The minimum absolute atomic E-state index is 0.249. The number of carbonyl (C=O) groups excluding carboxylic acids is 3. The van der Waals surface area contributed by atoms with Crippen molar-refractivity contribution in [3.05, 3.63) is 94.0 Å². The quantitative estimate of drug-likeness (QED) is 0.0912. The third-order valence-corrected chi connectivity index (χ3v) is 8.90. The highest BCUT2D eigenvalue weighted by atomic mass is 16.5. The molecule has 3 aromatic rings. The first-order valence-electron chi connectivity index (χ1n) is 17.2. The maximum Gasteiger partial charge on any atom is 0.305 e. The number of esters is 2. The van der Waals surface area contributed by atoms with Gasteiger partial charge in [0.2, 0.25) is 0 Å². The molecule has 0 heterocycles. The van der Waals surface area contributed by atoms with Crippen LogP contribution in [0.3, 0.4) is 0 Å². The molecule has 7 nitrogen and oxygen atoms in total. The minimum Gasteiger partial charge on any atom is -0.493 e. The summed E-state index contributed by atoms with van der Waals surface area (Å²) in [5.74, 6) is 1.45. The van der Waals surface area contributed by atoms with Gasteiger partial charge in [-0.15, -0.1) is 0 Å². The number of hydrogen-bond acceptors (Lipinski definition) is 7. The second-order valence-electron chi connectivity index (χ2n) is 12.2. The zero-order chi connectivity index (χ0) is 33.3. The number of ketones is 1. The van der Waals surface area contributed by atoms with E-state index in [1.165, 1.54) is 36.5 Å². The third-order valence-electron chi connectivity index (χ3n) is 8.90. The van der Waals surface area contributed by atoms with Crippen LogP contribution in [-0.4, -0.2) is 45.2 Å². The Kier molecular flexibility index (Phi) is 14.8. The number of hydrogen-bond donors (Lipinski definition) is 0. The van der Waals surface area contributed by atoms with E-state index in [-0.39, 0.29) is 24.1 Å². The molecule has 0 radical (unpaired) electrons. The Morgan fingerprint density at radius 3 is 2.13 bits per heavy atom. The average molecular weight is 643 g/mol. The summed E-state index contributed by atoms with van der Waals surface area (Å²) in [6.45, 7) is 1.05. The van der Waals surface area contributed by atoms with Crippen molar-refractivity contribution < 1.29 is 33.3 Å². The Morgan fingerprint density at radius 1 is 0.617 bits per heavy atom. The van der Waals surface area contributed by atoms with Crippen LogP contribution < -0.4 is 9.47 Å². The van der Waals surface area contributed by atoms with Crippen LogP contribution in [0.5, 0.6) is 11.5 Å². The summed E-state index contributed by atoms with van der Waals surface area (Å²) in [6, 6.07) is 20.6. The minimum atomic E-state index is -0.253. The molecule has 0 amide bonds. The summed E-state index contributed by atoms with van der Waals surface area (Å²) in [6.07, 6.45) is 12.1. The van der Waals surface area contributed by atoms with Crippen LogP contribution in [0.4, 0.5) is 0 Å². The van der Waals surface area contributed by atoms with Crippen molar-refractivity contribution in [1.29, 1.82) is 0 Å². The highest BCUT2D eigenvalue weighted by Crippen LogP contribution is 2.33. The molecule has 0 aliphatic heterocycles. The van der Waals surface area contributed by atoms with Gasteiger partial charge in [0.1, 0.15) is 11.5 Å². The van der Waals surface area contributed by atoms with Gasteiger partial charge < -0.3 is 18.9 Å². The summed E-state index contributed by atoms with van der Waals surface area (Å²) in [7, 11) is 2.79. The molecule has 0 unspecified atom stereocenters. The van der Waals surface area contributed by atoms with Crippen LogP contribution in [0, 0.1) is 0 Å². The number of unbranched alkanes of at least 4 members (excludes halogenated alkanes) is 3. The van der Waals surface area contributed by atoms with Crippen molar-refractivity contribution in [2.45, 2.75) is 96.3 Å². The van der Waals surface area contributed by atoms with Crippen LogP contribution in [0.15, 0.2) is 60.7 Å². The lowest BCUT2D eigenvalue weighted by Crippen LogP contribution is -2.15. The molecule has 4 rings (SSSR count). The Morgan fingerprint density at radius 2 is 1.34 bits per heavy atom. The van der Waals surface area contributed by atoms with Gasteiger partial charge in [-0.1, -0.05) is 55.3 Å². The summed E-state index contributed by atoms with van der Waals surface area (Å²) >= 11 is 0. The SMILES string of the molecule is COC(=O)CCCOc1cccc(CCCCCCOc2ccc3c(c2CCCc2ccccc2)CCCC3=O)c1CCC(=O)OC. The molecule has 0 fully saturated rings. The molecular weight excluding hydrogens is 592 g/mol. The molecule has 1 aliphatic rings. The first kappa shape index (κ1) is 35.7. The zero-order valence-corrected chi connectivity index (χ0v) is 28.2. The van der Waals surface area contributed by atoms with E-state index in [1.54, 1.807) is 0 Å². The fraction of sp³-hybridized carbons (Fsp3) is 0.475. The van der Waals surface area contributed by atoms with Gasteiger partial charge in [0.05, 0.1) is 27.4 Å². The first-order valence-corrected chi connectivity index (χ1v) is 17.2. The van der Waals surface area contributed by atoms with Gasteiger partial charge in [0.25, 0.3) is 0 Å². The fourth-order valence-electron chi connectivity index (χ4n) is 6.35. The number of carbonyl (C=O) groups is 3. The van der Waals surface area contributed by atoms with Crippen molar-refractivity contribution in [3.8, 4) is 11.5 Å². The monoisotopic (exact) mass is 642 g/mol. The van der Waals surface area contributed by atoms with Crippen molar-refractivity contribution >= 4 is 17.7 Å². The molecule has 0 saturated heterocycles. The van der Waals surface area contributed by atoms with Crippen molar-refractivity contribution in [1.82, 2.24) is 0 Å². The molecular formula is C40H50O7. The Bertz CT molecular complexity index is 1450. The van der Waals surface area contributed by atoms with Crippen LogP contribution in [0.25, 0.3) is 0 Å². The van der Waals surface area contributed by atoms with Gasteiger partial charge in [-0.2, -0.15) is 0 Å². The predicted molar refractivity (Wildman–Crippen MR) is 183 cm³/mol. The number of benzene rings is 3. The number of rotatable bonds is 20. The van der Waals surface area contributed by atoms with E-state index in [2.05, 4.69) is 30.3 Å². The van der Waals surface area contributed by atoms with Crippen LogP contribution in [-0.2, 0) is 51.2 Å². The van der Waals surface area contributed by atoms with Gasteiger partial charge in [-0.3, -0.25) is 14.4 Å². The van der Waals surface area contributed by atoms with Gasteiger partial charge in [-0.25, -0.2) is 0 Å². The largest absolute Gasteiger partial charge is 0.493 e. The van der Waals surface area contributed by atoms with E-state index in [0.717, 1.165) is 86.8 Å². The lowest BCUT2D eigenvalue weighted by Gasteiger charge is -2.22. The lowest BCUT2D eigenvalue weighted by atomic mass is 9.85. The average Bonchev–Trinajstić information content (AvgIpc) is 3.10. The smallest absolute Gasteiger partial charge is 0.305 e. The van der Waals surface area contributed by atoms with Crippen molar-refractivity contribution in [2.24, 2.45) is 0 Å². The maximum atomic E-state index is 12.6. The van der Waals surface area contributed by atoms with E-state index >= 15 is 0 Å². The number of Topliss-reactive ketones (excluding diaryl/α,β-unsaturated/α-hetero) is 1. The highest BCUT2D eigenvalue weighted by molar-refractivity contribution is 5.99. The molecule has 252 valence electrons.